The van der Waals surface area contributed by atoms with E-state index in [1.807, 2.05) is 11.7 Å². The van der Waals surface area contributed by atoms with Gasteiger partial charge in [0.2, 0.25) is 0 Å². The van der Waals surface area contributed by atoms with E-state index in [4.69, 9.17) is 5.73 Å². The van der Waals surface area contributed by atoms with Crippen LogP contribution in [0.5, 0.6) is 0 Å². The third-order valence-electron chi connectivity index (χ3n) is 2.00. The monoisotopic (exact) mass is 184 g/mol. The highest BCUT2D eigenvalue weighted by atomic mass is 32.1. The van der Waals surface area contributed by atoms with E-state index in [9.17, 15) is 0 Å². The van der Waals surface area contributed by atoms with Crippen molar-refractivity contribution < 1.29 is 0 Å². The lowest BCUT2D eigenvalue weighted by atomic mass is 10.00. The van der Waals surface area contributed by atoms with Crippen LogP contribution in [0.2, 0.25) is 0 Å². The van der Waals surface area contributed by atoms with E-state index in [-0.39, 0.29) is 0 Å². The highest BCUT2D eigenvalue weighted by Crippen LogP contribution is 2.15. The molecule has 2 N–H and O–H groups in total. The van der Waals surface area contributed by atoms with Crippen molar-refractivity contribution in [3.63, 3.8) is 0 Å². The molecule has 1 aromatic rings. The maximum absolute atomic E-state index is 5.66. The molecule has 0 aliphatic carbocycles. The molecule has 1 unspecified atom stereocenters. The third-order valence-corrected chi connectivity index (χ3v) is 2.81. The summed E-state index contributed by atoms with van der Waals surface area (Å²) in [5, 5.41) is 0. The lowest BCUT2D eigenvalue weighted by Crippen LogP contribution is -2.16. The average Bonchev–Trinajstić information content (AvgIpc) is 2.56. The van der Waals surface area contributed by atoms with Gasteiger partial charge in [-0.25, -0.2) is 0 Å². The first kappa shape index (κ1) is 9.68. The molecule has 0 fully saturated rings. The van der Waals surface area contributed by atoms with Crippen LogP contribution in [0.4, 0.5) is 0 Å². The molecule has 0 aliphatic heterocycles. The zero-order valence-electron chi connectivity index (χ0n) is 7.49. The Morgan fingerprint density at radius 2 is 2.50 bits per heavy atom. The van der Waals surface area contributed by atoms with Crippen LogP contribution in [0.15, 0.2) is 11.7 Å². The van der Waals surface area contributed by atoms with Gasteiger partial charge in [0.15, 0.2) is 0 Å². The van der Waals surface area contributed by atoms with Crippen LogP contribution >= 0.6 is 11.3 Å². The summed E-state index contributed by atoms with van der Waals surface area (Å²) >= 11 is 1.73. The van der Waals surface area contributed by atoms with Crippen LogP contribution in [-0.4, -0.2) is 11.5 Å². The fraction of sp³-hybridized carbons (Fsp3) is 0.667. The van der Waals surface area contributed by atoms with Crippen LogP contribution in [-0.2, 0) is 6.42 Å². The number of nitrogens with zero attached hydrogens (tertiary/aromatic N) is 1. The number of thiazole rings is 1. The van der Waals surface area contributed by atoms with Gasteiger partial charge in [-0.15, -0.1) is 11.3 Å². The van der Waals surface area contributed by atoms with E-state index in [0.29, 0.717) is 5.92 Å². The van der Waals surface area contributed by atoms with Gasteiger partial charge < -0.3 is 5.73 Å². The zero-order valence-corrected chi connectivity index (χ0v) is 8.31. The summed E-state index contributed by atoms with van der Waals surface area (Å²) in [7, 11) is 0. The molecule has 0 saturated heterocycles. The second-order valence-electron chi connectivity index (χ2n) is 3.06. The molecule has 0 radical (unpaired) electrons. The highest BCUT2D eigenvalue weighted by Gasteiger charge is 2.07. The van der Waals surface area contributed by atoms with Crippen molar-refractivity contribution >= 4 is 11.3 Å². The molecular formula is C9H16N2S. The second kappa shape index (κ2) is 5.27. The van der Waals surface area contributed by atoms with E-state index in [1.54, 1.807) is 11.3 Å². The van der Waals surface area contributed by atoms with Gasteiger partial charge in [-0.2, -0.15) is 0 Å². The Balaban J connectivity index is 2.37. The van der Waals surface area contributed by atoms with Gasteiger partial charge in [-0.3, -0.25) is 4.98 Å². The standard InChI is InChI=1S/C9H16N2S/c1-2-3-8(5-10)4-9-6-11-7-12-9/h6-8H,2-5,10H2,1H3. The predicted molar refractivity (Wildman–Crippen MR) is 53.3 cm³/mol. The van der Waals surface area contributed by atoms with E-state index in [2.05, 4.69) is 11.9 Å². The van der Waals surface area contributed by atoms with Crippen LogP contribution in [0, 0.1) is 5.92 Å². The lowest BCUT2D eigenvalue weighted by Gasteiger charge is -2.10. The van der Waals surface area contributed by atoms with E-state index >= 15 is 0 Å². The Labute approximate surface area is 77.8 Å². The second-order valence-corrected chi connectivity index (χ2v) is 4.03. The van der Waals surface area contributed by atoms with E-state index < -0.39 is 0 Å². The molecule has 1 aromatic heterocycles. The van der Waals surface area contributed by atoms with Crippen molar-refractivity contribution in [1.29, 1.82) is 0 Å². The highest BCUT2D eigenvalue weighted by molar-refractivity contribution is 7.09. The number of rotatable bonds is 5. The molecule has 0 amide bonds. The van der Waals surface area contributed by atoms with E-state index in [1.165, 1.54) is 17.7 Å². The Bertz CT molecular complexity index is 196. The van der Waals surface area contributed by atoms with Gasteiger partial charge in [0, 0.05) is 11.1 Å². The SMILES string of the molecule is CCCC(CN)Cc1cncs1. The molecule has 2 nitrogen and oxygen atoms in total. The summed E-state index contributed by atoms with van der Waals surface area (Å²) in [5.41, 5.74) is 7.54. The van der Waals surface area contributed by atoms with Gasteiger partial charge in [-0.05, 0) is 25.3 Å². The van der Waals surface area contributed by atoms with Crippen LogP contribution in [0.1, 0.15) is 24.6 Å². The fourth-order valence-corrected chi connectivity index (χ4v) is 2.05. The molecule has 1 heterocycles. The lowest BCUT2D eigenvalue weighted by molar-refractivity contribution is 0.490. The molecule has 3 heteroatoms. The first-order valence-electron chi connectivity index (χ1n) is 4.44. The Hall–Kier alpha value is -0.410. The van der Waals surface area contributed by atoms with Crippen molar-refractivity contribution in [3.8, 4) is 0 Å². The topological polar surface area (TPSA) is 38.9 Å². The van der Waals surface area contributed by atoms with Crippen molar-refractivity contribution in [2.24, 2.45) is 11.7 Å². The Morgan fingerprint density at radius 3 is 3.00 bits per heavy atom. The zero-order chi connectivity index (χ0) is 8.81. The van der Waals surface area contributed by atoms with Crippen molar-refractivity contribution in [2.45, 2.75) is 26.2 Å². The smallest absolute Gasteiger partial charge is 0.0794 e. The Morgan fingerprint density at radius 1 is 1.67 bits per heavy atom. The van der Waals surface area contributed by atoms with E-state index in [0.717, 1.165) is 13.0 Å². The largest absolute Gasteiger partial charge is 0.330 e. The van der Waals surface area contributed by atoms with Gasteiger partial charge >= 0.3 is 0 Å². The molecule has 68 valence electrons. The first-order chi connectivity index (χ1) is 5.86. The molecule has 0 spiro atoms. The number of nitrogens with two attached hydrogens (primary N) is 1. The van der Waals surface area contributed by atoms with Crippen LogP contribution in [0.3, 0.4) is 0 Å². The molecule has 1 atom stereocenters. The maximum Gasteiger partial charge on any atom is 0.0794 e. The summed E-state index contributed by atoms with van der Waals surface area (Å²) in [6, 6.07) is 0. The third kappa shape index (κ3) is 2.91. The number of hydrogen-bond donors (Lipinski definition) is 1. The summed E-state index contributed by atoms with van der Waals surface area (Å²) in [6.07, 6.45) is 5.51. The molecule has 0 bridgehead atoms. The molecular weight excluding hydrogens is 168 g/mol. The summed E-state index contributed by atoms with van der Waals surface area (Å²) in [4.78, 5) is 5.41. The first-order valence-corrected chi connectivity index (χ1v) is 5.32. The van der Waals surface area contributed by atoms with Gasteiger partial charge in [-0.1, -0.05) is 13.3 Å². The number of hydrogen-bond acceptors (Lipinski definition) is 3. The predicted octanol–water partition coefficient (Wildman–Crippen LogP) is 2.06. The van der Waals surface area contributed by atoms with Gasteiger partial charge in [0.1, 0.15) is 0 Å². The fourth-order valence-electron chi connectivity index (χ4n) is 1.34. The van der Waals surface area contributed by atoms with Crippen LogP contribution in [0.25, 0.3) is 0 Å². The number of aromatic nitrogens is 1. The maximum atomic E-state index is 5.66. The van der Waals surface area contributed by atoms with Crippen molar-refractivity contribution in [1.82, 2.24) is 4.98 Å². The molecule has 0 aromatic carbocycles. The molecule has 1 rings (SSSR count). The van der Waals surface area contributed by atoms with Gasteiger partial charge in [0.25, 0.3) is 0 Å². The van der Waals surface area contributed by atoms with Crippen LogP contribution < -0.4 is 5.73 Å². The van der Waals surface area contributed by atoms with Gasteiger partial charge in [0.05, 0.1) is 5.51 Å². The molecule has 0 aliphatic rings. The summed E-state index contributed by atoms with van der Waals surface area (Å²) < 4.78 is 0. The average molecular weight is 184 g/mol. The minimum atomic E-state index is 0.649. The molecule has 0 saturated carbocycles. The quantitative estimate of drug-likeness (QED) is 0.760. The van der Waals surface area contributed by atoms with Crippen molar-refractivity contribution in [2.75, 3.05) is 6.54 Å². The minimum absolute atomic E-state index is 0.649. The Kier molecular flexibility index (Phi) is 4.25. The normalized spacial score (nSPS) is 13.2. The summed E-state index contributed by atoms with van der Waals surface area (Å²) in [6.45, 7) is 3.00. The van der Waals surface area contributed by atoms with Crippen molar-refractivity contribution in [3.05, 3.63) is 16.6 Å². The minimum Gasteiger partial charge on any atom is -0.330 e. The molecule has 12 heavy (non-hydrogen) atoms. The summed E-state index contributed by atoms with van der Waals surface area (Å²) in [5.74, 6) is 0.649.